The van der Waals surface area contributed by atoms with Gasteiger partial charge in [0, 0.05) is 23.8 Å². The Morgan fingerprint density at radius 1 is 1.24 bits per heavy atom. The first-order chi connectivity index (χ1) is 9.97. The van der Waals surface area contributed by atoms with Gasteiger partial charge in [0.1, 0.15) is 11.7 Å². The molecular weight excluding hydrogens is 260 g/mol. The highest BCUT2D eigenvalue weighted by atomic mass is 15.2. The first-order valence-electron chi connectivity index (χ1n) is 7.11. The van der Waals surface area contributed by atoms with Crippen molar-refractivity contribution in [1.29, 1.82) is 5.41 Å². The van der Waals surface area contributed by atoms with Gasteiger partial charge >= 0.3 is 0 Å². The molecule has 0 aliphatic rings. The highest BCUT2D eigenvalue weighted by Crippen LogP contribution is 2.20. The van der Waals surface area contributed by atoms with Crippen LogP contribution in [0.3, 0.4) is 0 Å². The van der Waals surface area contributed by atoms with E-state index in [0.717, 1.165) is 23.6 Å². The van der Waals surface area contributed by atoms with Crippen LogP contribution < -0.4 is 10.6 Å². The van der Waals surface area contributed by atoms with Crippen LogP contribution in [0.1, 0.15) is 30.7 Å². The molecule has 0 saturated carbocycles. The second-order valence-corrected chi connectivity index (χ2v) is 5.48. The van der Waals surface area contributed by atoms with Crippen LogP contribution in [-0.2, 0) is 6.54 Å². The molecule has 0 bridgehead atoms. The van der Waals surface area contributed by atoms with E-state index in [1.54, 1.807) is 0 Å². The molecule has 3 N–H and O–H groups in total. The predicted octanol–water partition coefficient (Wildman–Crippen LogP) is 3.09. The summed E-state index contributed by atoms with van der Waals surface area (Å²) >= 11 is 0. The third-order valence-corrected chi connectivity index (χ3v) is 3.36. The monoisotopic (exact) mass is 282 g/mol. The van der Waals surface area contributed by atoms with E-state index in [0.29, 0.717) is 6.04 Å². The summed E-state index contributed by atoms with van der Waals surface area (Å²) < 4.78 is 0. The molecule has 2 rings (SSSR count). The molecule has 0 fully saturated rings. The van der Waals surface area contributed by atoms with Gasteiger partial charge in [0.2, 0.25) is 0 Å². The normalized spacial score (nSPS) is 10.7. The van der Waals surface area contributed by atoms with E-state index in [1.165, 1.54) is 5.56 Å². The summed E-state index contributed by atoms with van der Waals surface area (Å²) in [5.74, 6) is 0.934. The number of aromatic nitrogens is 1. The van der Waals surface area contributed by atoms with Gasteiger partial charge in [-0.1, -0.05) is 30.3 Å². The Morgan fingerprint density at radius 3 is 2.48 bits per heavy atom. The second-order valence-electron chi connectivity index (χ2n) is 5.48. The van der Waals surface area contributed by atoms with Gasteiger partial charge in [-0.05, 0) is 38.5 Å². The number of nitrogens with one attached hydrogen (secondary N) is 1. The summed E-state index contributed by atoms with van der Waals surface area (Å²) in [5, 5.41) is 7.63. The maximum atomic E-state index is 7.63. The molecule has 110 valence electrons. The Labute approximate surface area is 126 Å². The quantitative estimate of drug-likeness (QED) is 0.654. The summed E-state index contributed by atoms with van der Waals surface area (Å²) in [6, 6.07) is 14.3. The maximum Gasteiger partial charge on any atom is 0.130 e. The molecular formula is C17H22N4. The number of hydrogen-bond acceptors (Lipinski definition) is 3. The third-order valence-electron chi connectivity index (χ3n) is 3.36. The zero-order chi connectivity index (χ0) is 15.4. The van der Waals surface area contributed by atoms with Crippen LogP contribution in [0.25, 0.3) is 0 Å². The van der Waals surface area contributed by atoms with Crippen molar-refractivity contribution in [3.05, 3.63) is 59.3 Å². The van der Waals surface area contributed by atoms with Gasteiger partial charge in [0.25, 0.3) is 0 Å². The molecule has 1 aromatic carbocycles. The fourth-order valence-electron chi connectivity index (χ4n) is 2.26. The van der Waals surface area contributed by atoms with E-state index < -0.39 is 0 Å². The van der Waals surface area contributed by atoms with Gasteiger partial charge in [-0.15, -0.1) is 0 Å². The number of nitrogens with two attached hydrogens (primary N) is 1. The lowest BCUT2D eigenvalue weighted by Gasteiger charge is -2.28. The topological polar surface area (TPSA) is 66.0 Å². The number of benzene rings is 1. The van der Waals surface area contributed by atoms with Crippen LogP contribution in [0, 0.1) is 12.3 Å². The van der Waals surface area contributed by atoms with E-state index in [4.69, 9.17) is 11.1 Å². The van der Waals surface area contributed by atoms with Gasteiger partial charge in [-0.3, -0.25) is 5.41 Å². The van der Waals surface area contributed by atoms with Crippen LogP contribution in [0.15, 0.2) is 42.5 Å². The van der Waals surface area contributed by atoms with Gasteiger partial charge in [0.05, 0.1) is 0 Å². The number of rotatable bonds is 5. The van der Waals surface area contributed by atoms with Crippen LogP contribution in [-0.4, -0.2) is 16.9 Å². The van der Waals surface area contributed by atoms with Crippen molar-refractivity contribution < 1.29 is 0 Å². The number of hydrogen-bond donors (Lipinski definition) is 2. The summed E-state index contributed by atoms with van der Waals surface area (Å²) in [7, 11) is 0. The number of nitrogen functional groups attached to an aromatic ring is 1. The molecule has 0 aliphatic carbocycles. The molecule has 0 aliphatic heterocycles. The van der Waals surface area contributed by atoms with Gasteiger partial charge in [-0.25, -0.2) is 4.98 Å². The fourth-order valence-corrected chi connectivity index (χ4v) is 2.26. The molecule has 0 radical (unpaired) electrons. The Balaban J connectivity index is 2.36. The zero-order valence-electron chi connectivity index (χ0n) is 12.8. The SMILES string of the molecule is Cc1cc(C(=N)N)cc(N(Cc2ccccc2)C(C)C)n1. The van der Waals surface area contributed by atoms with Crippen molar-refractivity contribution in [3.8, 4) is 0 Å². The number of pyridine rings is 1. The average molecular weight is 282 g/mol. The Bertz CT molecular complexity index is 620. The van der Waals surface area contributed by atoms with Crippen molar-refractivity contribution in [2.45, 2.75) is 33.4 Å². The van der Waals surface area contributed by atoms with Gasteiger partial charge in [0.15, 0.2) is 0 Å². The van der Waals surface area contributed by atoms with E-state index >= 15 is 0 Å². The molecule has 0 spiro atoms. The summed E-state index contributed by atoms with van der Waals surface area (Å²) in [6.45, 7) is 6.99. The summed E-state index contributed by atoms with van der Waals surface area (Å²) in [5.41, 5.74) is 8.44. The van der Waals surface area contributed by atoms with Crippen molar-refractivity contribution in [2.24, 2.45) is 5.73 Å². The molecule has 2 aromatic rings. The molecule has 0 saturated heterocycles. The summed E-state index contributed by atoms with van der Waals surface area (Å²) in [6.07, 6.45) is 0. The second kappa shape index (κ2) is 6.39. The third kappa shape index (κ3) is 3.81. The molecule has 1 aromatic heterocycles. The molecule has 0 amide bonds. The maximum absolute atomic E-state index is 7.63. The lowest BCUT2D eigenvalue weighted by atomic mass is 10.1. The van der Waals surface area contributed by atoms with Crippen molar-refractivity contribution >= 4 is 11.7 Å². The Hall–Kier alpha value is -2.36. The van der Waals surface area contributed by atoms with Crippen molar-refractivity contribution in [3.63, 3.8) is 0 Å². The minimum absolute atomic E-state index is 0.0742. The van der Waals surface area contributed by atoms with E-state index in [1.807, 2.05) is 37.3 Å². The minimum atomic E-state index is 0.0742. The minimum Gasteiger partial charge on any atom is -0.384 e. The average Bonchev–Trinajstić information content (AvgIpc) is 2.44. The summed E-state index contributed by atoms with van der Waals surface area (Å²) in [4.78, 5) is 6.82. The molecule has 4 heteroatoms. The van der Waals surface area contributed by atoms with Crippen LogP contribution in [0.4, 0.5) is 5.82 Å². The van der Waals surface area contributed by atoms with Gasteiger partial charge < -0.3 is 10.6 Å². The molecule has 21 heavy (non-hydrogen) atoms. The predicted molar refractivity (Wildman–Crippen MR) is 87.8 cm³/mol. The first-order valence-corrected chi connectivity index (χ1v) is 7.11. The van der Waals surface area contributed by atoms with E-state index in [-0.39, 0.29) is 5.84 Å². The lowest BCUT2D eigenvalue weighted by Crippen LogP contribution is -2.31. The largest absolute Gasteiger partial charge is 0.384 e. The molecule has 0 unspecified atom stereocenters. The standard InChI is InChI=1S/C17H22N4/c1-12(2)21(11-14-7-5-4-6-8-14)16-10-15(17(18)19)9-13(3)20-16/h4-10,12H,11H2,1-3H3,(H3,18,19). The first kappa shape index (κ1) is 15.0. The highest BCUT2D eigenvalue weighted by Gasteiger charge is 2.14. The zero-order valence-corrected chi connectivity index (χ0v) is 12.8. The van der Waals surface area contributed by atoms with Crippen molar-refractivity contribution in [2.75, 3.05) is 4.90 Å². The van der Waals surface area contributed by atoms with Crippen LogP contribution >= 0.6 is 0 Å². The molecule has 0 atom stereocenters. The number of anilines is 1. The smallest absolute Gasteiger partial charge is 0.130 e. The lowest BCUT2D eigenvalue weighted by molar-refractivity contribution is 0.671. The van der Waals surface area contributed by atoms with Crippen LogP contribution in [0.5, 0.6) is 0 Å². The van der Waals surface area contributed by atoms with Crippen LogP contribution in [0.2, 0.25) is 0 Å². The molecule has 1 heterocycles. The van der Waals surface area contributed by atoms with E-state index in [9.17, 15) is 0 Å². The fraction of sp³-hybridized carbons (Fsp3) is 0.294. The van der Waals surface area contributed by atoms with Crippen molar-refractivity contribution in [1.82, 2.24) is 4.98 Å². The highest BCUT2D eigenvalue weighted by molar-refractivity contribution is 5.95. The Morgan fingerprint density at radius 2 is 1.90 bits per heavy atom. The van der Waals surface area contributed by atoms with Gasteiger partial charge in [-0.2, -0.15) is 0 Å². The Kier molecular flexibility index (Phi) is 4.58. The van der Waals surface area contributed by atoms with E-state index in [2.05, 4.69) is 35.9 Å². The molecule has 4 nitrogen and oxygen atoms in total. The number of nitrogens with zero attached hydrogens (tertiary/aromatic N) is 2. The number of aryl methyl sites for hydroxylation is 1. The number of amidine groups is 1.